The van der Waals surface area contributed by atoms with E-state index in [4.69, 9.17) is 23.8 Å². The first kappa shape index (κ1) is 17.4. The van der Waals surface area contributed by atoms with E-state index in [1.165, 1.54) is 5.56 Å². The van der Waals surface area contributed by atoms with E-state index in [0.717, 1.165) is 16.7 Å². The highest BCUT2D eigenvalue weighted by molar-refractivity contribution is 7.71. The maximum Gasteiger partial charge on any atom is 0.216 e. The second-order valence-electron chi connectivity index (χ2n) is 5.90. The molecule has 0 bridgehead atoms. The molecule has 0 atom stereocenters. The number of H-pyrrole nitrogens is 1. The van der Waals surface area contributed by atoms with Crippen molar-refractivity contribution >= 4 is 30.0 Å². The van der Waals surface area contributed by atoms with E-state index in [1.54, 1.807) is 10.9 Å². The van der Waals surface area contributed by atoms with E-state index in [2.05, 4.69) is 39.6 Å². The van der Waals surface area contributed by atoms with Gasteiger partial charge in [0.25, 0.3) is 0 Å². The van der Waals surface area contributed by atoms with Crippen LogP contribution >= 0.6 is 23.8 Å². The van der Waals surface area contributed by atoms with E-state index < -0.39 is 0 Å². The maximum atomic E-state index is 5.96. The smallest absolute Gasteiger partial charge is 0.216 e. The molecule has 0 saturated heterocycles. The first-order valence-corrected chi connectivity index (χ1v) is 9.12. The number of hydrogen-bond acceptors (Lipinski definition) is 3. The van der Waals surface area contributed by atoms with Crippen molar-refractivity contribution in [3.8, 4) is 22.5 Å². The van der Waals surface area contributed by atoms with Crippen LogP contribution in [0.25, 0.3) is 22.5 Å². The molecule has 1 aromatic heterocycles. The number of aromatic nitrogens is 3. The zero-order valence-corrected chi connectivity index (χ0v) is 15.8. The van der Waals surface area contributed by atoms with Gasteiger partial charge in [0, 0.05) is 10.6 Å². The Bertz CT molecular complexity index is 1130. The standard InChI is InChI=1S/C21H15ClN4S/c22-19-12-10-18(11-13-19)20-24-25-21(27)26(20)23-14-15-6-8-17(9-7-15)16-4-2-1-3-5-16/h1-14H,(H,25,27)/b23-14-. The van der Waals surface area contributed by atoms with E-state index in [9.17, 15) is 0 Å². The number of nitrogens with one attached hydrogen (secondary N) is 1. The third kappa shape index (κ3) is 3.89. The van der Waals surface area contributed by atoms with E-state index in [0.29, 0.717) is 15.6 Å². The molecule has 3 aromatic carbocycles. The van der Waals surface area contributed by atoms with Gasteiger partial charge in [0.15, 0.2) is 5.82 Å². The predicted molar refractivity (Wildman–Crippen MR) is 113 cm³/mol. The van der Waals surface area contributed by atoms with Gasteiger partial charge in [0.05, 0.1) is 6.21 Å². The fraction of sp³-hybridized carbons (Fsp3) is 0. The zero-order chi connectivity index (χ0) is 18.6. The third-order valence-corrected chi connectivity index (χ3v) is 4.61. The Morgan fingerprint density at radius 2 is 1.48 bits per heavy atom. The summed E-state index contributed by atoms with van der Waals surface area (Å²) < 4.78 is 2.03. The van der Waals surface area contributed by atoms with Crippen LogP contribution < -0.4 is 0 Å². The summed E-state index contributed by atoms with van der Waals surface area (Å²) in [6, 6.07) is 25.8. The summed E-state index contributed by atoms with van der Waals surface area (Å²) in [5.41, 5.74) is 4.20. The lowest BCUT2D eigenvalue weighted by Crippen LogP contribution is -1.95. The molecule has 1 N–H and O–H groups in total. The Morgan fingerprint density at radius 3 is 2.19 bits per heavy atom. The summed E-state index contributed by atoms with van der Waals surface area (Å²) in [6.45, 7) is 0. The van der Waals surface area contributed by atoms with Gasteiger partial charge in [-0.3, -0.25) is 0 Å². The molecule has 4 rings (SSSR count). The molecule has 0 aliphatic heterocycles. The van der Waals surface area contributed by atoms with Gasteiger partial charge in [0.2, 0.25) is 4.77 Å². The van der Waals surface area contributed by atoms with Crippen LogP contribution in [-0.2, 0) is 0 Å². The van der Waals surface area contributed by atoms with Gasteiger partial charge in [-0.1, -0.05) is 66.2 Å². The normalized spacial score (nSPS) is 11.1. The van der Waals surface area contributed by atoms with Crippen LogP contribution in [0.1, 0.15) is 5.56 Å². The third-order valence-electron chi connectivity index (χ3n) is 4.09. The molecule has 1 heterocycles. The van der Waals surface area contributed by atoms with Gasteiger partial charge in [0.1, 0.15) is 0 Å². The monoisotopic (exact) mass is 390 g/mol. The summed E-state index contributed by atoms with van der Waals surface area (Å²) in [7, 11) is 0. The molecular weight excluding hydrogens is 376 g/mol. The molecule has 0 radical (unpaired) electrons. The highest BCUT2D eigenvalue weighted by Crippen LogP contribution is 2.21. The number of benzene rings is 3. The van der Waals surface area contributed by atoms with Crippen LogP contribution in [0.5, 0.6) is 0 Å². The van der Waals surface area contributed by atoms with Crippen molar-refractivity contribution < 1.29 is 0 Å². The highest BCUT2D eigenvalue weighted by Gasteiger charge is 2.07. The lowest BCUT2D eigenvalue weighted by molar-refractivity contribution is 0.871. The molecule has 0 spiro atoms. The van der Waals surface area contributed by atoms with Crippen molar-refractivity contribution in [1.82, 2.24) is 14.9 Å². The molecule has 0 aliphatic rings. The Balaban J connectivity index is 1.61. The van der Waals surface area contributed by atoms with Gasteiger partial charge >= 0.3 is 0 Å². The van der Waals surface area contributed by atoms with Crippen molar-refractivity contribution in [3.63, 3.8) is 0 Å². The summed E-state index contributed by atoms with van der Waals surface area (Å²) in [5.74, 6) is 0.633. The molecule has 4 aromatic rings. The van der Waals surface area contributed by atoms with Crippen molar-refractivity contribution in [2.24, 2.45) is 5.10 Å². The molecule has 0 unspecified atom stereocenters. The van der Waals surface area contributed by atoms with Crippen LogP contribution in [-0.4, -0.2) is 21.1 Å². The number of halogens is 1. The van der Waals surface area contributed by atoms with Gasteiger partial charge in [-0.2, -0.15) is 14.9 Å². The second-order valence-corrected chi connectivity index (χ2v) is 6.73. The van der Waals surface area contributed by atoms with Crippen molar-refractivity contribution in [1.29, 1.82) is 0 Å². The quantitative estimate of drug-likeness (QED) is 0.353. The van der Waals surface area contributed by atoms with Gasteiger partial charge in [-0.25, -0.2) is 5.10 Å². The minimum absolute atomic E-state index is 0.428. The number of aromatic amines is 1. The molecule has 0 saturated carbocycles. The Hall–Kier alpha value is -3.02. The van der Waals surface area contributed by atoms with Crippen LogP contribution in [0.15, 0.2) is 84.0 Å². The fourth-order valence-corrected chi connectivity index (χ4v) is 3.01. The van der Waals surface area contributed by atoms with Gasteiger partial charge in [-0.15, -0.1) is 0 Å². The summed E-state index contributed by atoms with van der Waals surface area (Å²) >= 11 is 11.3. The molecule has 0 amide bonds. The molecule has 4 nitrogen and oxygen atoms in total. The van der Waals surface area contributed by atoms with E-state index in [-0.39, 0.29) is 0 Å². The van der Waals surface area contributed by atoms with Crippen LogP contribution in [0.2, 0.25) is 5.02 Å². The average molecular weight is 391 g/mol. The number of rotatable bonds is 4. The van der Waals surface area contributed by atoms with Crippen LogP contribution in [0, 0.1) is 4.77 Å². The Morgan fingerprint density at radius 1 is 0.852 bits per heavy atom. The molecule has 27 heavy (non-hydrogen) atoms. The van der Waals surface area contributed by atoms with Crippen LogP contribution in [0.4, 0.5) is 0 Å². The van der Waals surface area contributed by atoms with Crippen molar-refractivity contribution in [3.05, 3.63) is 94.2 Å². The average Bonchev–Trinajstić information content (AvgIpc) is 3.08. The first-order chi connectivity index (χ1) is 13.2. The van der Waals surface area contributed by atoms with Crippen molar-refractivity contribution in [2.45, 2.75) is 0 Å². The summed E-state index contributed by atoms with van der Waals surface area (Å²) in [4.78, 5) is 0. The fourth-order valence-electron chi connectivity index (χ4n) is 2.70. The Labute approximate surface area is 166 Å². The minimum Gasteiger partial charge on any atom is -0.250 e. The second kappa shape index (κ2) is 7.70. The molecule has 132 valence electrons. The maximum absolute atomic E-state index is 5.96. The van der Waals surface area contributed by atoms with E-state index >= 15 is 0 Å². The SMILES string of the molecule is S=c1[nH]nc(-c2ccc(Cl)cc2)n1/N=C\c1ccc(-c2ccccc2)cc1. The topological polar surface area (TPSA) is 46.0 Å². The molecule has 0 fully saturated rings. The largest absolute Gasteiger partial charge is 0.250 e. The minimum atomic E-state index is 0.428. The molecule has 0 aliphatic carbocycles. The van der Waals surface area contributed by atoms with Gasteiger partial charge < -0.3 is 0 Å². The first-order valence-electron chi connectivity index (χ1n) is 8.34. The van der Waals surface area contributed by atoms with Gasteiger partial charge in [-0.05, 0) is 53.2 Å². The Kier molecular flexibility index (Phi) is 4.96. The molecular formula is C21H15ClN4S. The van der Waals surface area contributed by atoms with E-state index in [1.807, 2.05) is 54.6 Å². The number of hydrogen-bond donors (Lipinski definition) is 1. The summed E-state index contributed by atoms with van der Waals surface area (Å²) in [6.07, 6.45) is 1.76. The predicted octanol–water partition coefficient (Wildman–Crippen LogP) is 5.81. The zero-order valence-electron chi connectivity index (χ0n) is 14.2. The summed E-state index contributed by atoms with van der Waals surface area (Å²) in [5, 5.41) is 12.2. The molecule has 6 heteroatoms. The van der Waals surface area contributed by atoms with Crippen LogP contribution in [0.3, 0.4) is 0 Å². The highest BCUT2D eigenvalue weighted by atomic mass is 35.5. The lowest BCUT2D eigenvalue weighted by Gasteiger charge is -2.03. The van der Waals surface area contributed by atoms with Crippen molar-refractivity contribution in [2.75, 3.05) is 0 Å². The lowest BCUT2D eigenvalue weighted by atomic mass is 10.0. The number of nitrogens with zero attached hydrogens (tertiary/aromatic N) is 3.